The SMILES string of the molecule is O=C(O)[C@@H]1C[C@@H](Oc2cc(C(F)(F)F)ccc2-c2cc(=O)c3cccc(Cl)c3o2)CN1. The molecule has 1 saturated heterocycles. The van der Waals surface area contributed by atoms with Crippen LogP contribution < -0.4 is 15.5 Å². The van der Waals surface area contributed by atoms with Gasteiger partial charge in [-0.15, -0.1) is 0 Å². The largest absolute Gasteiger partial charge is 0.488 e. The molecule has 0 saturated carbocycles. The van der Waals surface area contributed by atoms with E-state index in [1.165, 1.54) is 12.1 Å². The van der Waals surface area contributed by atoms with Crippen molar-refractivity contribution in [3.63, 3.8) is 0 Å². The van der Waals surface area contributed by atoms with Crippen molar-refractivity contribution in [1.29, 1.82) is 0 Å². The highest BCUT2D eigenvalue weighted by Gasteiger charge is 2.34. The van der Waals surface area contributed by atoms with Crippen molar-refractivity contribution in [1.82, 2.24) is 5.32 Å². The number of fused-ring (bicyclic) bond motifs is 1. The number of rotatable bonds is 4. The third-order valence-electron chi connectivity index (χ3n) is 4.96. The number of ether oxygens (including phenoxy) is 1. The average Bonchev–Trinajstić information content (AvgIpc) is 3.17. The molecule has 2 N–H and O–H groups in total. The van der Waals surface area contributed by atoms with Crippen LogP contribution in [0.1, 0.15) is 12.0 Å². The van der Waals surface area contributed by atoms with Crippen molar-refractivity contribution in [2.24, 2.45) is 0 Å². The lowest BCUT2D eigenvalue weighted by Gasteiger charge is -2.18. The van der Waals surface area contributed by atoms with Gasteiger partial charge >= 0.3 is 12.1 Å². The van der Waals surface area contributed by atoms with Crippen molar-refractivity contribution >= 4 is 28.5 Å². The highest BCUT2D eigenvalue weighted by atomic mass is 35.5. The zero-order chi connectivity index (χ0) is 22.3. The highest BCUT2D eigenvalue weighted by Crippen LogP contribution is 2.39. The van der Waals surface area contributed by atoms with Gasteiger partial charge in [0.1, 0.15) is 23.7 Å². The predicted octanol–water partition coefficient (Wildman–Crippen LogP) is 4.33. The Morgan fingerprint density at radius 1 is 1.23 bits per heavy atom. The Labute approximate surface area is 178 Å². The van der Waals surface area contributed by atoms with Crippen LogP contribution in [0, 0.1) is 0 Å². The van der Waals surface area contributed by atoms with E-state index in [4.69, 9.17) is 25.9 Å². The monoisotopic (exact) mass is 453 g/mol. The summed E-state index contributed by atoms with van der Waals surface area (Å²) in [6, 6.07) is 7.73. The number of alkyl halides is 3. The topological polar surface area (TPSA) is 88.8 Å². The molecular formula is C21H15ClF3NO5. The minimum Gasteiger partial charge on any atom is -0.488 e. The first-order chi connectivity index (χ1) is 14.6. The number of hydrogen-bond acceptors (Lipinski definition) is 5. The van der Waals surface area contributed by atoms with Gasteiger partial charge < -0.3 is 19.6 Å². The molecule has 4 rings (SSSR count). The normalized spacial score (nSPS) is 19.0. The van der Waals surface area contributed by atoms with Crippen LogP contribution >= 0.6 is 11.6 Å². The van der Waals surface area contributed by atoms with E-state index < -0.39 is 35.3 Å². The molecule has 2 aromatic carbocycles. The zero-order valence-corrected chi connectivity index (χ0v) is 16.5. The van der Waals surface area contributed by atoms with Gasteiger partial charge in [-0.1, -0.05) is 17.7 Å². The van der Waals surface area contributed by atoms with Gasteiger partial charge in [-0.25, -0.2) is 0 Å². The van der Waals surface area contributed by atoms with Crippen LogP contribution in [-0.2, 0) is 11.0 Å². The van der Waals surface area contributed by atoms with Crippen molar-refractivity contribution in [2.45, 2.75) is 24.7 Å². The number of hydrogen-bond donors (Lipinski definition) is 2. The lowest BCUT2D eigenvalue weighted by atomic mass is 10.1. The maximum Gasteiger partial charge on any atom is 0.416 e. The van der Waals surface area contributed by atoms with E-state index in [0.29, 0.717) is 0 Å². The molecule has 0 radical (unpaired) electrons. The van der Waals surface area contributed by atoms with E-state index >= 15 is 0 Å². The van der Waals surface area contributed by atoms with Gasteiger partial charge in [0.25, 0.3) is 0 Å². The third kappa shape index (κ3) is 4.24. The van der Waals surface area contributed by atoms with Crippen LogP contribution in [0.3, 0.4) is 0 Å². The van der Waals surface area contributed by atoms with Crippen LogP contribution in [-0.4, -0.2) is 29.8 Å². The molecule has 1 fully saturated rings. The molecule has 1 aromatic heterocycles. The summed E-state index contributed by atoms with van der Waals surface area (Å²) in [5.41, 5.74) is -1.15. The molecule has 0 spiro atoms. The van der Waals surface area contributed by atoms with Crippen LogP contribution in [0.25, 0.3) is 22.3 Å². The second kappa shape index (κ2) is 7.90. The molecule has 0 amide bonds. The molecule has 0 aliphatic carbocycles. The lowest BCUT2D eigenvalue weighted by Crippen LogP contribution is -2.30. The molecule has 1 aliphatic rings. The second-order valence-electron chi connectivity index (χ2n) is 7.07. The number of aliphatic carboxylic acids is 1. The Bertz CT molecular complexity index is 1220. The Kier molecular flexibility index (Phi) is 5.40. The van der Waals surface area contributed by atoms with Gasteiger partial charge in [0.05, 0.1) is 21.5 Å². The van der Waals surface area contributed by atoms with Crippen molar-refractivity contribution in [3.8, 4) is 17.1 Å². The third-order valence-corrected chi connectivity index (χ3v) is 5.26. The number of benzene rings is 2. The van der Waals surface area contributed by atoms with Crippen LogP contribution in [0.2, 0.25) is 5.02 Å². The maximum atomic E-state index is 13.3. The van der Waals surface area contributed by atoms with Gasteiger partial charge in [-0.05, 0) is 30.3 Å². The van der Waals surface area contributed by atoms with Gasteiger partial charge in [0.2, 0.25) is 0 Å². The lowest BCUT2D eigenvalue weighted by molar-refractivity contribution is -0.139. The van der Waals surface area contributed by atoms with Crippen molar-refractivity contribution in [2.75, 3.05) is 6.54 Å². The summed E-state index contributed by atoms with van der Waals surface area (Å²) in [6.45, 7) is 0.139. The summed E-state index contributed by atoms with van der Waals surface area (Å²) in [5, 5.41) is 12.2. The number of nitrogens with one attached hydrogen (secondary N) is 1. The standard InChI is InChI=1S/C21H15ClF3NO5/c22-14-3-1-2-12-16(27)8-18(31-19(12)14)13-5-4-10(21(23,24)25)6-17(13)30-11-7-15(20(28)29)26-9-11/h1-6,8,11,15,26H,7,9H2,(H,28,29)/t11-,15+/m1/s1. The first kappa shape index (κ1) is 21.2. The maximum absolute atomic E-state index is 13.3. The Morgan fingerprint density at radius 2 is 2.00 bits per heavy atom. The van der Waals surface area contributed by atoms with Crippen LogP contribution in [0.15, 0.2) is 51.7 Å². The molecule has 0 unspecified atom stereocenters. The minimum atomic E-state index is -4.62. The average molecular weight is 454 g/mol. The summed E-state index contributed by atoms with van der Waals surface area (Å²) >= 11 is 6.12. The number of carbonyl (C=O) groups is 1. The smallest absolute Gasteiger partial charge is 0.416 e. The van der Waals surface area contributed by atoms with Gasteiger partial charge in [0.15, 0.2) is 11.0 Å². The second-order valence-corrected chi connectivity index (χ2v) is 7.48. The molecule has 162 valence electrons. The van der Waals surface area contributed by atoms with Crippen LogP contribution in [0.4, 0.5) is 13.2 Å². The van der Waals surface area contributed by atoms with Crippen LogP contribution in [0.5, 0.6) is 5.75 Å². The summed E-state index contributed by atoms with van der Waals surface area (Å²) in [5.74, 6) is -1.28. The quantitative estimate of drug-likeness (QED) is 0.611. The Hall–Kier alpha value is -3.04. The Morgan fingerprint density at radius 3 is 2.68 bits per heavy atom. The van der Waals surface area contributed by atoms with Crippen molar-refractivity contribution in [3.05, 3.63) is 63.3 Å². The fourth-order valence-electron chi connectivity index (χ4n) is 3.44. The fraction of sp³-hybridized carbons (Fsp3) is 0.238. The summed E-state index contributed by atoms with van der Waals surface area (Å²) < 4.78 is 51.3. The van der Waals surface area contributed by atoms with E-state index in [0.717, 1.165) is 24.3 Å². The first-order valence-electron chi connectivity index (χ1n) is 9.20. The van der Waals surface area contributed by atoms with Gasteiger partial charge in [-0.2, -0.15) is 13.2 Å². The summed E-state index contributed by atoms with van der Waals surface area (Å²) in [4.78, 5) is 23.6. The van der Waals surface area contributed by atoms with E-state index in [2.05, 4.69) is 5.32 Å². The number of carboxylic acids is 1. The predicted molar refractivity (Wildman–Crippen MR) is 106 cm³/mol. The molecule has 2 atom stereocenters. The molecule has 3 aromatic rings. The number of para-hydroxylation sites is 1. The zero-order valence-electron chi connectivity index (χ0n) is 15.7. The van der Waals surface area contributed by atoms with E-state index in [1.807, 2.05) is 0 Å². The van der Waals surface area contributed by atoms with E-state index in [1.54, 1.807) is 6.07 Å². The van der Waals surface area contributed by atoms with E-state index in [-0.39, 0.29) is 46.0 Å². The molecule has 1 aliphatic heterocycles. The Balaban J connectivity index is 1.80. The van der Waals surface area contributed by atoms with Gasteiger partial charge in [0, 0.05) is 19.0 Å². The number of halogens is 4. The molecule has 10 heteroatoms. The summed E-state index contributed by atoms with van der Waals surface area (Å²) in [7, 11) is 0. The van der Waals surface area contributed by atoms with Crippen molar-refractivity contribution < 1.29 is 32.2 Å². The molecular weight excluding hydrogens is 439 g/mol. The van der Waals surface area contributed by atoms with Gasteiger partial charge in [-0.3, -0.25) is 9.59 Å². The fourth-order valence-corrected chi connectivity index (χ4v) is 3.65. The molecule has 6 nitrogen and oxygen atoms in total. The summed E-state index contributed by atoms with van der Waals surface area (Å²) in [6.07, 6.45) is -5.24. The molecule has 2 heterocycles. The first-order valence-corrected chi connectivity index (χ1v) is 9.58. The van der Waals surface area contributed by atoms with E-state index in [9.17, 15) is 22.8 Å². The molecule has 0 bridgehead atoms. The number of carboxylic acid groups (broad SMARTS) is 1. The minimum absolute atomic E-state index is 0.0185. The molecule has 31 heavy (non-hydrogen) atoms. The highest BCUT2D eigenvalue weighted by molar-refractivity contribution is 6.34.